The van der Waals surface area contributed by atoms with Crippen LogP contribution >= 0.6 is 11.8 Å². The number of hydrogen-bond acceptors (Lipinski definition) is 9. The molecule has 2 unspecified atom stereocenters. The topological polar surface area (TPSA) is 98.8 Å². The molecule has 0 spiro atoms. The highest BCUT2D eigenvalue weighted by Gasteiger charge is 2.31. The summed E-state index contributed by atoms with van der Waals surface area (Å²) in [6, 6.07) is 9.25. The lowest BCUT2D eigenvalue weighted by molar-refractivity contribution is -0.124. The van der Waals surface area contributed by atoms with Gasteiger partial charge in [-0.1, -0.05) is 34.6 Å². The molecule has 0 radical (unpaired) electrons. The second-order valence-corrected chi connectivity index (χ2v) is 13.6. The molecule has 2 atom stereocenters. The van der Waals surface area contributed by atoms with E-state index in [4.69, 9.17) is 14.2 Å². The quantitative estimate of drug-likeness (QED) is 0.127. The molecule has 3 rings (SSSR count). The van der Waals surface area contributed by atoms with Crippen molar-refractivity contribution in [3.63, 3.8) is 0 Å². The van der Waals surface area contributed by atoms with Crippen molar-refractivity contribution < 1.29 is 28.2 Å². The number of halogens is 1. The smallest absolute Gasteiger partial charge is 0.213 e. The Hall–Kier alpha value is -2.69. The summed E-state index contributed by atoms with van der Waals surface area (Å²) >= 11 is 1.75. The molecule has 1 heterocycles. The van der Waals surface area contributed by atoms with Crippen LogP contribution < -0.4 is 24.8 Å². The summed E-state index contributed by atoms with van der Waals surface area (Å²) in [5.74, 6) is 2.27. The van der Waals surface area contributed by atoms with E-state index < -0.39 is 0 Å². The molecule has 244 valence electrons. The molecule has 44 heavy (non-hydrogen) atoms. The first-order valence-electron chi connectivity index (χ1n) is 15.8. The minimum atomic E-state index is -0.315. The van der Waals surface area contributed by atoms with Crippen molar-refractivity contribution in [2.24, 2.45) is 11.8 Å². The number of nitrogens with zero attached hydrogens (tertiary/aromatic N) is 1. The number of ketones is 2. The van der Waals surface area contributed by atoms with Crippen molar-refractivity contribution >= 4 is 23.3 Å². The highest BCUT2D eigenvalue weighted by molar-refractivity contribution is 7.99. The zero-order valence-corrected chi connectivity index (χ0v) is 27.9. The first-order chi connectivity index (χ1) is 21.0. The summed E-state index contributed by atoms with van der Waals surface area (Å²) < 4.78 is 31.5. The number of carbonyl (C=O) groups is 2. The third-order valence-corrected chi connectivity index (χ3v) is 8.75. The summed E-state index contributed by atoms with van der Waals surface area (Å²) in [5, 5.41) is 7.10. The third-order valence-electron chi connectivity index (χ3n) is 7.61. The van der Waals surface area contributed by atoms with E-state index in [-0.39, 0.29) is 47.3 Å². The Labute approximate surface area is 266 Å². The van der Waals surface area contributed by atoms with Crippen molar-refractivity contribution in [2.45, 2.75) is 97.2 Å². The monoisotopic (exact) mass is 631 g/mol. The standard InChI is InChI=1S/C34H50FN3O5S/c1-22(2)32(39)11-7-26-17-28(8-10-31(26)35)41-15-14-36-25(6)44-16-13-24(5)33(40)21-42-29-9-12-34(37-20-29)43-30-18-27(19-30)38-23(3)4/h8-10,12,17,20,22-25,27,30,36,38H,7,11,13-16,18-19,21H2,1-6H3. The molecule has 10 heteroatoms. The Bertz CT molecular complexity index is 1170. The molecule has 8 nitrogen and oxygen atoms in total. The van der Waals surface area contributed by atoms with Crippen LogP contribution in [0.1, 0.15) is 72.8 Å². The van der Waals surface area contributed by atoms with Gasteiger partial charge in [0.2, 0.25) is 5.88 Å². The van der Waals surface area contributed by atoms with Gasteiger partial charge in [-0.3, -0.25) is 9.59 Å². The van der Waals surface area contributed by atoms with Gasteiger partial charge in [0.25, 0.3) is 0 Å². The molecule has 1 aromatic heterocycles. The fourth-order valence-corrected chi connectivity index (χ4v) is 5.79. The summed E-state index contributed by atoms with van der Waals surface area (Å²) in [7, 11) is 0. The molecule has 0 saturated heterocycles. The molecule has 2 aromatic rings. The van der Waals surface area contributed by atoms with Gasteiger partial charge in [-0.2, -0.15) is 0 Å². The molecule has 1 aliphatic rings. The number of rotatable bonds is 21. The van der Waals surface area contributed by atoms with Crippen LogP contribution in [0.15, 0.2) is 36.5 Å². The third kappa shape index (κ3) is 12.7. The highest BCUT2D eigenvalue weighted by atomic mass is 32.2. The van der Waals surface area contributed by atoms with Gasteiger partial charge in [0, 0.05) is 43.0 Å². The van der Waals surface area contributed by atoms with E-state index in [1.54, 1.807) is 42.2 Å². The van der Waals surface area contributed by atoms with Crippen molar-refractivity contribution in [3.05, 3.63) is 47.9 Å². The number of pyridine rings is 1. The van der Waals surface area contributed by atoms with Gasteiger partial charge < -0.3 is 24.8 Å². The number of carbonyl (C=O) groups excluding carboxylic acids is 2. The number of aryl methyl sites for hydroxylation is 1. The predicted molar refractivity (Wildman–Crippen MR) is 174 cm³/mol. The van der Waals surface area contributed by atoms with Crippen LogP contribution in [0.4, 0.5) is 4.39 Å². The Morgan fingerprint density at radius 2 is 1.77 bits per heavy atom. The maximum absolute atomic E-state index is 14.1. The minimum Gasteiger partial charge on any atom is -0.492 e. The second-order valence-electron chi connectivity index (χ2n) is 12.2. The fourth-order valence-electron chi connectivity index (χ4n) is 4.71. The van der Waals surface area contributed by atoms with Crippen molar-refractivity contribution in [2.75, 3.05) is 25.5 Å². The molecule has 0 aliphatic heterocycles. The van der Waals surface area contributed by atoms with E-state index in [1.165, 1.54) is 6.07 Å². The van der Waals surface area contributed by atoms with Crippen LogP contribution in [0.25, 0.3) is 0 Å². The molecule has 1 saturated carbocycles. The zero-order valence-electron chi connectivity index (χ0n) is 27.1. The molecule has 1 aromatic carbocycles. The SMILES string of the molecule is CC(C)NC1CC(Oc2ccc(OCC(=O)C(C)CCSC(C)NCCOc3ccc(F)c(CCC(=O)C(C)C)c3)cn2)C1. The maximum Gasteiger partial charge on any atom is 0.213 e. The number of nitrogens with one attached hydrogen (secondary N) is 2. The summed E-state index contributed by atoms with van der Waals surface area (Å²) in [6.45, 7) is 13.1. The van der Waals surface area contributed by atoms with E-state index in [9.17, 15) is 14.0 Å². The van der Waals surface area contributed by atoms with Gasteiger partial charge in [0.1, 0.15) is 42.4 Å². The number of aromatic nitrogens is 1. The largest absolute Gasteiger partial charge is 0.492 e. The maximum atomic E-state index is 14.1. The summed E-state index contributed by atoms with van der Waals surface area (Å²) in [5.41, 5.74) is 0.499. The van der Waals surface area contributed by atoms with Crippen LogP contribution in [0.3, 0.4) is 0 Å². The van der Waals surface area contributed by atoms with E-state index >= 15 is 0 Å². The average Bonchev–Trinajstić information content (AvgIpc) is 2.97. The number of hydrogen-bond donors (Lipinski definition) is 2. The van der Waals surface area contributed by atoms with E-state index in [2.05, 4.69) is 36.4 Å². The van der Waals surface area contributed by atoms with E-state index in [1.807, 2.05) is 20.8 Å². The first-order valence-corrected chi connectivity index (χ1v) is 16.9. The lowest BCUT2D eigenvalue weighted by atomic mass is 9.89. The van der Waals surface area contributed by atoms with Gasteiger partial charge in [0.15, 0.2) is 5.78 Å². The van der Waals surface area contributed by atoms with Crippen LogP contribution in [-0.4, -0.2) is 65.6 Å². The Morgan fingerprint density at radius 1 is 1.02 bits per heavy atom. The number of Topliss-reactive ketones (excluding diaryl/α,β-unsaturated/α-hetero) is 2. The van der Waals surface area contributed by atoms with Gasteiger partial charge in [-0.05, 0) is 68.2 Å². The van der Waals surface area contributed by atoms with Gasteiger partial charge in [-0.15, -0.1) is 11.8 Å². The molecular weight excluding hydrogens is 581 g/mol. The number of benzene rings is 1. The number of thioether (sulfide) groups is 1. The molecule has 1 fully saturated rings. The van der Waals surface area contributed by atoms with Gasteiger partial charge in [0.05, 0.1) is 11.6 Å². The normalized spacial score (nSPS) is 17.7. The Morgan fingerprint density at radius 3 is 2.45 bits per heavy atom. The van der Waals surface area contributed by atoms with Crippen LogP contribution in [-0.2, 0) is 16.0 Å². The van der Waals surface area contributed by atoms with Crippen LogP contribution in [0, 0.1) is 17.7 Å². The fraction of sp³-hybridized carbons (Fsp3) is 0.618. The van der Waals surface area contributed by atoms with Crippen molar-refractivity contribution in [1.82, 2.24) is 15.6 Å². The summed E-state index contributed by atoms with van der Waals surface area (Å²) in [4.78, 5) is 28.8. The second kappa shape index (κ2) is 18.3. The predicted octanol–water partition coefficient (Wildman–Crippen LogP) is 6.01. The van der Waals surface area contributed by atoms with Crippen molar-refractivity contribution in [3.8, 4) is 17.4 Å². The highest BCUT2D eigenvalue weighted by Crippen LogP contribution is 2.26. The van der Waals surface area contributed by atoms with Crippen LogP contribution in [0.2, 0.25) is 0 Å². The molecule has 0 bridgehead atoms. The molecule has 0 amide bonds. The number of ether oxygens (including phenoxy) is 3. The lowest BCUT2D eigenvalue weighted by Crippen LogP contribution is -2.49. The molecular formula is C34H50FN3O5S. The van der Waals surface area contributed by atoms with Gasteiger partial charge >= 0.3 is 0 Å². The minimum absolute atomic E-state index is 0.0170. The zero-order chi connectivity index (χ0) is 32.1. The van der Waals surface area contributed by atoms with Crippen LogP contribution in [0.5, 0.6) is 17.4 Å². The Kier molecular flexibility index (Phi) is 14.9. The lowest BCUT2D eigenvalue weighted by Gasteiger charge is -2.36. The summed E-state index contributed by atoms with van der Waals surface area (Å²) in [6.07, 6.45) is 5.20. The molecule has 1 aliphatic carbocycles. The van der Waals surface area contributed by atoms with Gasteiger partial charge in [-0.25, -0.2) is 9.37 Å². The van der Waals surface area contributed by atoms with Crippen molar-refractivity contribution in [1.29, 1.82) is 0 Å². The average molecular weight is 632 g/mol. The first kappa shape index (κ1) is 35.8. The van der Waals surface area contributed by atoms with E-state index in [0.717, 1.165) is 25.0 Å². The Balaban J connectivity index is 1.25. The molecule has 2 N–H and O–H groups in total. The van der Waals surface area contributed by atoms with E-state index in [0.29, 0.717) is 61.0 Å².